The minimum Gasteiger partial charge on any atom is -0.493 e. The van der Waals surface area contributed by atoms with Gasteiger partial charge >= 0.3 is 0 Å². The number of halogens is 1. The summed E-state index contributed by atoms with van der Waals surface area (Å²) >= 11 is 3.17. The molecule has 2 aromatic rings. The Kier molecular flexibility index (Phi) is 3.29. The zero-order chi connectivity index (χ0) is 13.2. The lowest BCUT2D eigenvalue weighted by molar-refractivity contribution is 0.0921. The lowest BCUT2D eigenvalue weighted by Gasteiger charge is -2.09. The zero-order valence-corrected chi connectivity index (χ0v) is 11.6. The Balaban J connectivity index is 1.63. The van der Waals surface area contributed by atoms with Gasteiger partial charge in [0.1, 0.15) is 5.75 Å². The number of para-hydroxylation sites is 1. The summed E-state index contributed by atoms with van der Waals surface area (Å²) in [5.41, 5.74) is 1.14. The highest BCUT2D eigenvalue weighted by molar-refractivity contribution is 9.10. The molecule has 1 aliphatic heterocycles. The number of nitrogens with one attached hydrogen (secondary N) is 1. The third-order valence-electron chi connectivity index (χ3n) is 3.10. The van der Waals surface area contributed by atoms with E-state index < -0.39 is 0 Å². The average Bonchev–Trinajstić information content (AvgIpc) is 3.02. The summed E-state index contributed by atoms with van der Waals surface area (Å²) in [6, 6.07) is 11.2. The molecule has 4 nitrogen and oxygen atoms in total. The maximum absolute atomic E-state index is 11.9. The van der Waals surface area contributed by atoms with E-state index in [4.69, 9.17) is 9.15 Å². The van der Waals surface area contributed by atoms with Crippen molar-refractivity contribution in [2.24, 2.45) is 0 Å². The SMILES string of the molecule is O=C(NCC1COc2ccccc21)c1ccc(Br)o1. The van der Waals surface area contributed by atoms with Crippen LogP contribution in [0.15, 0.2) is 45.5 Å². The Bertz CT molecular complexity index is 608. The third-order valence-corrected chi connectivity index (χ3v) is 3.53. The highest BCUT2D eigenvalue weighted by Crippen LogP contribution is 2.32. The van der Waals surface area contributed by atoms with E-state index in [1.165, 1.54) is 0 Å². The number of carbonyl (C=O) groups excluding carboxylic acids is 1. The van der Waals surface area contributed by atoms with Crippen molar-refractivity contribution >= 4 is 21.8 Å². The highest BCUT2D eigenvalue weighted by Gasteiger charge is 2.24. The molecule has 0 aliphatic carbocycles. The number of fused-ring (bicyclic) bond motifs is 1. The van der Waals surface area contributed by atoms with Crippen molar-refractivity contribution in [2.75, 3.05) is 13.2 Å². The molecule has 1 unspecified atom stereocenters. The Morgan fingerprint density at radius 1 is 1.32 bits per heavy atom. The summed E-state index contributed by atoms with van der Waals surface area (Å²) in [4.78, 5) is 11.9. The molecule has 0 saturated carbocycles. The first-order chi connectivity index (χ1) is 9.24. The molecule has 19 heavy (non-hydrogen) atoms. The van der Waals surface area contributed by atoms with Gasteiger partial charge in [0, 0.05) is 18.0 Å². The molecule has 0 fully saturated rings. The number of ether oxygens (including phenoxy) is 1. The van der Waals surface area contributed by atoms with Gasteiger partial charge < -0.3 is 14.5 Å². The fourth-order valence-corrected chi connectivity index (χ4v) is 2.44. The minimum atomic E-state index is -0.213. The fraction of sp³-hybridized carbons (Fsp3) is 0.214. The molecule has 1 amide bonds. The van der Waals surface area contributed by atoms with Gasteiger partial charge in [0.05, 0.1) is 6.61 Å². The van der Waals surface area contributed by atoms with Crippen molar-refractivity contribution in [1.82, 2.24) is 5.32 Å². The Morgan fingerprint density at radius 3 is 2.95 bits per heavy atom. The van der Waals surface area contributed by atoms with Gasteiger partial charge in [-0.05, 0) is 34.1 Å². The molecule has 1 N–H and O–H groups in total. The zero-order valence-electron chi connectivity index (χ0n) is 10.1. The molecule has 98 valence electrons. The van der Waals surface area contributed by atoms with Gasteiger partial charge in [-0.3, -0.25) is 4.79 Å². The van der Waals surface area contributed by atoms with E-state index in [1.807, 2.05) is 24.3 Å². The minimum absolute atomic E-state index is 0.193. The number of benzene rings is 1. The van der Waals surface area contributed by atoms with Crippen LogP contribution >= 0.6 is 15.9 Å². The van der Waals surface area contributed by atoms with E-state index in [9.17, 15) is 4.79 Å². The van der Waals surface area contributed by atoms with Crippen LogP contribution < -0.4 is 10.1 Å². The van der Waals surface area contributed by atoms with E-state index in [0.29, 0.717) is 23.6 Å². The Hall–Kier alpha value is -1.75. The second kappa shape index (κ2) is 5.09. The normalized spacial score (nSPS) is 16.8. The van der Waals surface area contributed by atoms with E-state index in [1.54, 1.807) is 12.1 Å². The fourth-order valence-electron chi connectivity index (χ4n) is 2.14. The first-order valence-electron chi connectivity index (χ1n) is 5.99. The number of hydrogen-bond donors (Lipinski definition) is 1. The topological polar surface area (TPSA) is 51.5 Å². The molecule has 0 bridgehead atoms. The summed E-state index contributed by atoms with van der Waals surface area (Å²) in [5.74, 6) is 1.19. The predicted molar refractivity (Wildman–Crippen MR) is 73.4 cm³/mol. The lowest BCUT2D eigenvalue weighted by Crippen LogP contribution is -2.28. The number of carbonyl (C=O) groups is 1. The van der Waals surface area contributed by atoms with E-state index >= 15 is 0 Å². The molecule has 0 saturated heterocycles. The molecular weight excluding hydrogens is 310 g/mol. The molecule has 1 aromatic carbocycles. The van der Waals surface area contributed by atoms with Gasteiger partial charge in [-0.1, -0.05) is 18.2 Å². The first kappa shape index (κ1) is 12.3. The van der Waals surface area contributed by atoms with E-state index in [2.05, 4.69) is 21.2 Å². The second-order valence-corrected chi connectivity index (χ2v) is 5.14. The predicted octanol–water partition coefficient (Wildman–Crippen LogP) is 2.95. The standard InChI is InChI=1S/C14H12BrNO3/c15-13-6-5-12(19-13)14(17)16-7-9-8-18-11-4-2-1-3-10(9)11/h1-6,9H,7-8H2,(H,16,17). The van der Waals surface area contributed by atoms with Crippen molar-refractivity contribution in [1.29, 1.82) is 0 Å². The van der Waals surface area contributed by atoms with E-state index in [0.717, 1.165) is 11.3 Å². The highest BCUT2D eigenvalue weighted by atomic mass is 79.9. The smallest absolute Gasteiger partial charge is 0.287 e. The number of hydrogen-bond acceptors (Lipinski definition) is 3. The summed E-state index contributed by atoms with van der Waals surface area (Å²) in [5, 5.41) is 2.86. The third kappa shape index (κ3) is 2.51. The summed E-state index contributed by atoms with van der Waals surface area (Å²) < 4.78 is 11.3. The quantitative estimate of drug-likeness (QED) is 0.945. The molecule has 1 aromatic heterocycles. The lowest BCUT2D eigenvalue weighted by atomic mass is 10.0. The molecule has 2 heterocycles. The Morgan fingerprint density at radius 2 is 2.16 bits per heavy atom. The van der Waals surface area contributed by atoms with Gasteiger partial charge in [0.2, 0.25) is 0 Å². The van der Waals surface area contributed by atoms with Gasteiger partial charge in [0.15, 0.2) is 10.4 Å². The number of amides is 1. The van der Waals surface area contributed by atoms with Crippen LogP contribution in [0.5, 0.6) is 5.75 Å². The van der Waals surface area contributed by atoms with Crippen molar-refractivity contribution in [3.05, 3.63) is 52.4 Å². The van der Waals surface area contributed by atoms with E-state index in [-0.39, 0.29) is 11.8 Å². The molecule has 3 rings (SSSR count). The van der Waals surface area contributed by atoms with Crippen molar-refractivity contribution in [3.63, 3.8) is 0 Å². The Labute approximate surface area is 118 Å². The maximum Gasteiger partial charge on any atom is 0.287 e. The van der Waals surface area contributed by atoms with Crippen molar-refractivity contribution in [2.45, 2.75) is 5.92 Å². The van der Waals surface area contributed by atoms with Crippen LogP contribution in [0.4, 0.5) is 0 Å². The largest absolute Gasteiger partial charge is 0.493 e. The summed E-state index contributed by atoms with van der Waals surface area (Å²) in [7, 11) is 0. The van der Waals surface area contributed by atoms with Crippen LogP contribution in [0.25, 0.3) is 0 Å². The monoisotopic (exact) mass is 321 g/mol. The second-order valence-electron chi connectivity index (χ2n) is 4.36. The molecule has 0 radical (unpaired) electrons. The van der Waals surface area contributed by atoms with Gasteiger partial charge in [-0.15, -0.1) is 0 Å². The molecule has 1 atom stereocenters. The van der Waals surface area contributed by atoms with Crippen LogP contribution in [0, 0.1) is 0 Å². The van der Waals surface area contributed by atoms with Crippen LogP contribution in [-0.4, -0.2) is 19.1 Å². The van der Waals surface area contributed by atoms with Gasteiger partial charge in [-0.2, -0.15) is 0 Å². The van der Waals surface area contributed by atoms with Crippen LogP contribution in [-0.2, 0) is 0 Å². The summed E-state index contributed by atoms with van der Waals surface area (Å²) in [6.45, 7) is 1.13. The van der Waals surface area contributed by atoms with Crippen molar-refractivity contribution in [3.8, 4) is 5.75 Å². The summed E-state index contributed by atoms with van der Waals surface area (Å²) in [6.07, 6.45) is 0. The van der Waals surface area contributed by atoms with Gasteiger partial charge in [-0.25, -0.2) is 0 Å². The number of rotatable bonds is 3. The first-order valence-corrected chi connectivity index (χ1v) is 6.78. The maximum atomic E-state index is 11.9. The van der Waals surface area contributed by atoms with Crippen molar-refractivity contribution < 1.29 is 13.9 Å². The number of furan rings is 1. The molecule has 5 heteroatoms. The molecular formula is C14H12BrNO3. The molecule has 1 aliphatic rings. The van der Waals surface area contributed by atoms with Crippen LogP contribution in [0.2, 0.25) is 0 Å². The average molecular weight is 322 g/mol. The van der Waals surface area contributed by atoms with Gasteiger partial charge in [0.25, 0.3) is 5.91 Å². The van der Waals surface area contributed by atoms with Crippen LogP contribution in [0.3, 0.4) is 0 Å². The van der Waals surface area contributed by atoms with Crippen LogP contribution in [0.1, 0.15) is 22.0 Å². The molecule has 0 spiro atoms.